The van der Waals surface area contributed by atoms with Crippen molar-refractivity contribution in [2.75, 3.05) is 18.0 Å². The minimum absolute atomic E-state index is 0.437. The van der Waals surface area contributed by atoms with Crippen molar-refractivity contribution in [3.63, 3.8) is 0 Å². The van der Waals surface area contributed by atoms with Gasteiger partial charge in [-0.1, -0.05) is 0 Å². The number of nitrogens with zero attached hydrogens (tertiary/aromatic N) is 1. The Morgan fingerprint density at radius 2 is 2.00 bits per heavy atom. The van der Waals surface area contributed by atoms with Crippen molar-refractivity contribution in [3.05, 3.63) is 35.5 Å². The fraction of sp³-hybridized carbons (Fsp3) is 0.400. The van der Waals surface area contributed by atoms with Gasteiger partial charge in [-0.3, -0.25) is 5.32 Å². The molecule has 4 nitrogen and oxygen atoms in total. The number of hydrogen-bond donors (Lipinski definition) is 2. The van der Waals surface area contributed by atoms with Crippen LogP contribution < -0.4 is 10.2 Å². The number of nitrogens with two attached hydrogens (primary N) is 1. The Kier molecular flexibility index (Phi) is 3.25. The maximum atomic E-state index is 11.5. The molecule has 1 fully saturated rings. The first-order valence-electron chi connectivity index (χ1n) is 6.91. The number of benzene rings is 1. The molecule has 100 valence electrons. The number of aromatic carboxylic acids is 1. The highest BCUT2D eigenvalue weighted by molar-refractivity contribution is 5.95. The lowest BCUT2D eigenvalue weighted by Gasteiger charge is -2.30. The number of anilines is 1. The van der Waals surface area contributed by atoms with Crippen LogP contribution in [0.3, 0.4) is 0 Å². The Balaban J connectivity index is 2.03. The van der Waals surface area contributed by atoms with Crippen molar-refractivity contribution >= 4 is 17.3 Å². The van der Waals surface area contributed by atoms with Gasteiger partial charge >= 0.3 is 5.97 Å². The zero-order valence-corrected chi connectivity index (χ0v) is 10.9. The van der Waals surface area contributed by atoms with Crippen molar-refractivity contribution in [1.82, 2.24) is 0 Å². The number of fused-ring (bicyclic) bond motifs is 1. The molecule has 3 rings (SSSR count). The number of carbonyl (C=O) groups is 1. The topological polar surface area (TPSA) is 57.1 Å². The standard InChI is InChI=1S/C15H18N2O2/c18-15(19)12-10-13-11(5-4-6-16-13)9-14(12)17-7-2-1-3-8-17/h4,6,9-10,16H,1-3,5,7-8H2,(H,18,19)/p+1. The molecule has 2 aliphatic rings. The average Bonchev–Trinajstić information content (AvgIpc) is 2.46. The van der Waals surface area contributed by atoms with Gasteiger partial charge < -0.3 is 10.0 Å². The van der Waals surface area contributed by atoms with Crippen LogP contribution in [0.25, 0.3) is 0 Å². The summed E-state index contributed by atoms with van der Waals surface area (Å²) < 4.78 is 0. The molecule has 0 bridgehead atoms. The molecule has 19 heavy (non-hydrogen) atoms. The Labute approximate surface area is 112 Å². The summed E-state index contributed by atoms with van der Waals surface area (Å²) >= 11 is 0. The number of rotatable bonds is 2. The molecular weight excluding hydrogens is 240 g/mol. The predicted octanol–water partition coefficient (Wildman–Crippen LogP) is 1.64. The van der Waals surface area contributed by atoms with Gasteiger partial charge in [0, 0.05) is 31.1 Å². The lowest BCUT2D eigenvalue weighted by Crippen LogP contribution is -2.72. The smallest absolute Gasteiger partial charge is 0.338 e. The fourth-order valence-corrected chi connectivity index (χ4v) is 2.91. The van der Waals surface area contributed by atoms with E-state index in [-0.39, 0.29) is 0 Å². The number of quaternary nitrogens is 1. The van der Waals surface area contributed by atoms with E-state index in [1.807, 2.05) is 17.6 Å². The van der Waals surface area contributed by atoms with Crippen LogP contribution in [0.5, 0.6) is 0 Å². The second-order valence-electron chi connectivity index (χ2n) is 5.22. The van der Waals surface area contributed by atoms with Gasteiger partial charge in [0.2, 0.25) is 0 Å². The van der Waals surface area contributed by atoms with Crippen molar-refractivity contribution in [3.8, 4) is 0 Å². The Hall–Kier alpha value is -1.81. The van der Waals surface area contributed by atoms with Crippen LogP contribution in [0.2, 0.25) is 0 Å². The van der Waals surface area contributed by atoms with E-state index in [1.54, 1.807) is 0 Å². The highest BCUT2D eigenvalue weighted by atomic mass is 16.4. The number of carboxylic acid groups (broad SMARTS) is 1. The van der Waals surface area contributed by atoms with E-state index in [9.17, 15) is 9.90 Å². The van der Waals surface area contributed by atoms with E-state index in [4.69, 9.17) is 0 Å². The van der Waals surface area contributed by atoms with E-state index in [1.165, 1.54) is 12.0 Å². The lowest BCUT2D eigenvalue weighted by molar-refractivity contribution is -0.498. The lowest BCUT2D eigenvalue weighted by atomic mass is 10.00. The van der Waals surface area contributed by atoms with E-state index >= 15 is 0 Å². The summed E-state index contributed by atoms with van der Waals surface area (Å²) in [5, 5.41) is 11.4. The van der Waals surface area contributed by atoms with Crippen LogP contribution >= 0.6 is 0 Å². The molecule has 0 spiro atoms. The molecule has 2 heterocycles. The molecule has 0 amide bonds. The minimum Gasteiger partial charge on any atom is -0.478 e. The maximum Gasteiger partial charge on any atom is 0.338 e. The van der Waals surface area contributed by atoms with Gasteiger partial charge in [0.15, 0.2) is 0 Å². The molecule has 0 saturated carbocycles. The molecule has 1 aromatic carbocycles. The Morgan fingerprint density at radius 3 is 2.74 bits per heavy atom. The number of allylic oxidation sites excluding steroid dienone is 1. The summed E-state index contributed by atoms with van der Waals surface area (Å²) in [6.45, 7) is 1.94. The molecule has 4 heteroatoms. The van der Waals surface area contributed by atoms with Gasteiger partial charge in [0.05, 0.1) is 17.5 Å². The third-order valence-corrected chi connectivity index (χ3v) is 3.93. The molecule has 0 aromatic heterocycles. The second-order valence-corrected chi connectivity index (χ2v) is 5.22. The summed E-state index contributed by atoms with van der Waals surface area (Å²) in [4.78, 5) is 13.7. The van der Waals surface area contributed by atoms with Crippen LogP contribution in [0.15, 0.2) is 24.4 Å². The SMILES string of the molecule is O=C(O)c1cc2c(cc1N1CCCCC1)CC=C[NH2+]2. The van der Waals surface area contributed by atoms with Gasteiger partial charge in [-0.05, 0) is 31.4 Å². The molecule has 2 aliphatic heterocycles. The first-order chi connectivity index (χ1) is 9.25. The number of piperidine rings is 1. The van der Waals surface area contributed by atoms with Gasteiger partial charge in [-0.15, -0.1) is 0 Å². The maximum absolute atomic E-state index is 11.5. The zero-order chi connectivity index (χ0) is 13.2. The van der Waals surface area contributed by atoms with E-state index < -0.39 is 5.97 Å². The molecule has 0 unspecified atom stereocenters. The Morgan fingerprint density at radius 1 is 1.21 bits per heavy atom. The number of hydrogen-bond acceptors (Lipinski definition) is 2. The first-order valence-corrected chi connectivity index (χ1v) is 6.91. The van der Waals surface area contributed by atoms with Gasteiger partial charge in [0.1, 0.15) is 5.69 Å². The molecule has 0 atom stereocenters. The van der Waals surface area contributed by atoms with Crippen LogP contribution in [-0.4, -0.2) is 24.2 Å². The molecule has 1 aromatic rings. The van der Waals surface area contributed by atoms with Crippen molar-refractivity contribution < 1.29 is 15.2 Å². The van der Waals surface area contributed by atoms with Crippen molar-refractivity contribution in [2.24, 2.45) is 0 Å². The van der Waals surface area contributed by atoms with Crippen molar-refractivity contribution in [2.45, 2.75) is 25.7 Å². The minimum atomic E-state index is -0.827. The van der Waals surface area contributed by atoms with Crippen LogP contribution in [0.1, 0.15) is 35.2 Å². The van der Waals surface area contributed by atoms with Gasteiger partial charge in [0.25, 0.3) is 0 Å². The monoisotopic (exact) mass is 259 g/mol. The van der Waals surface area contributed by atoms with E-state index in [0.717, 1.165) is 43.7 Å². The molecule has 1 saturated heterocycles. The summed E-state index contributed by atoms with van der Waals surface area (Å²) in [5.41, 5.74) is 3.61. The highest BCUT2D eigenvalue weighted by Gasteiger charge is 2.22. The largest absolute Gasteiger partial charge is 0.478 e. The van der Waals surface area contributed by atoms with Crippen LogP contribution in [-0.2, 0) is 6.42 Å². The van der Waals surface area contributed by atoms with Crippen LogP contribution in [0.4, 0.5) is 11.4 Å². The predicted molar refractivity (Wildman–Crippen MR) is 73.9 cm³/mol. The molecule has 3 N–H and O–H groups in total. The zero-order valence-electron chi connectivity index (χ0n) is 10.9. The third kappa shape index (κ3) is 2.36. The molecule has 0 aliphatic carbocycles. The Bertz CT molecular complexity index is 531. The van der Waals surface area contributed by atoms with Crippen molar-refractivity contribution in [1.29, 1.82) is 0 Å². The summed E-state index contributed by atoms with van der Waals surface area (Å²) in [5.74, 6) is -0.827. The number of carboxylic acids is 1. The quantitative estimate of drug-likeness (QED) is 0.794. The summed E-state index contributed by atoms with van der Waals surface area (Å²) in [6, 6.07) is 3.90. The van der Waals surface area contributed by atoms with E-state index in [2.05, 4.69) is 17.0 Å². The second kappa shape index (κ2) is 5.05. The van der Waals surface area contributed by atoms with Crippen LogP contribution in [0, 0.1) is 0 Å². The molecular formula is C15H19N2O2+. The normalized spacial score (nSPS) is 18.2. The average molecular weight is 259 g/mol. The third-order valence-electron chi connectivity index (χ3n) is 3.93. The molecule has 0 radical (unpaired) electrons. The summed E-state index contributed by atoms with van der Waals surface area (Å²) in [7, 11) is 0. The fourth-order valence-electron chi connectivity index (χ4n) is 2.91. The van der Waals surface area contributed by atoms with Gasteiger partial charge in [-0.25, -0.2) is 4.79 Å². The van der Waals surface area contributed by atoms with E-state index in [0.29, 0.717) is 5.56 Å². The summed E-state index contributed by atoms with van der Waals surface area (Å²) in [6.07, 6.45) is 8.56. The highest BCUT2D eigenvalue weighted by Crippen LogP contribution is 2.29. The van der Waals surface area contributed by atoms with Gasteiger partial charge in [-0.2, -0.15) is 0 Å². The first kappa shape index (κ1) is 12.2.